The van der Waals surface area contributed by atoms with E-state index in [1.807, 2.05) is 0 Å². The van der Waals surface area contributed by atoms with Gasteiger partial charge in [-0.1, -0.05) is 0 Å². The molecule has 0 fully saturated rings. The molecule has 0 radical (unpaired) electrons. The third-order valence-corrected chi connectivity index (χ3v) is 3.87. The minimum absolute atomic E-state index is 0.269. The van der Waals surface area contributed by atoms with Crippen LogP contribution >= 0.6 is 0 Å². The smallest absolute Gasteiger partial charge is 0.203 e. The quantitative estimate of drug-likeness (QED) is 0.669. The Balaban J connectivity index is 2.66. The first-order valence-electron chi connectivity index (χ1n) is 7.69. The highest BCUT2D eigenvalue weighted by molar-refractivity contribution is 6.13. The molecule has 2 aromatic carbocycles. The summed E-state index contributed by atoms with van der Waals surface area (Å²) in [4.78, 5) is 13.2. The normalized spacial score (nSPS) is 10.1. The molecule has 0 spiro atoms. The van der Waals surface area contributed by atoms with Gasteiger partial charge in [-0.25, -0.2) is 0 Å². The number of hydrogen-bond acceptors (Lipinski definition) is 7. The molecule has 0 bridgehead atoms. The summed E-state index contributed by atoms with van der Waals surface area (Å²) in [5.41, 5.74) is 0.603. The van der Waals surface area contributed by atoms with Crippen molar-refractivity contribution in [2.45, 2.75) is 0 Å². The molecule has 2 rings (SSSR count). The Morgan fingerprint density at radius 3 is 1.42 bits per heavy atom. The van der Waals surface area contributed by atoms with Crippen LogP contribution in [0.4, 0.5) is 0 Å². The van der Waals surface area contributed by atoms with Gasteiger partial charge in [-0.2, -0.15) is 0 Å². The summed E-state index contributed by atoms with van der Waals surface area (Å²) in [6, 6.07) is 6.39. The lowest BCUT2D eigenvalue weighted by Crippen LogP contribution is -2.08. The average molecular weight is 362 g/mol. The molecule has 7 heteroatoms. The van der Waals surface area contributed by atoms with Gasteiger partial charge in [0.15, 0.2) is 11.5 Å². The fraction of sp³-hybridized carbons (Fsp3) is 0.316. The van der Waals surface area contributed by atoms with Crippen molar-refractivity contribution in [3.63, 3.8) is 0 Å². The maximum absolute atomic E-state index is 13.2. The lowest BCUT2D eigenvalue weighted by atomic mass is 10.00. The van der Waals surface area contributed by atoms with Crippen LogP contribution in [0.3, 0.4) is 0 Å². The van der Waals surface area contributed by atoms with Gasteiger partial charge < -0.3 is 28.4 Å². The van der Waals surface area contributed by atoms with E-state index in [0.29, 0.717) is 40.1 Å². The Labute approximate surface area is 152 Å². The van der Waals surface area contributed by atoms with E-state index in [-0.39, 0.29) is 11.3 Å². The molecule has 0 aliphatic heterocycles. The number of hydrogen-bond donors (Lipinski definition) is 0. The highest BCUT2D eigenvalue weighted by Crippen LogP contribution is 2.41. The number of ether oxygens (including phenoxy) is 6. The second kappa shape index (κ2) is 8.33. The topological polar surface area (TPSA) is 72.5 Å². The van der Waals surface area contributed by atoms with Crippen molar-refractivity contribution in [1.29, 1.82) is 0 Å². The highest BCUT2D eigenvalue weighted by Gasteiger charge is 2.24. The molecule has 26 heavy (non-hydrogen) atoms. The summed E-state index contributed by atoms with van der Waals surface area (Å²) in [5, 5.41) is 0. The molecular weight excluding hydrogens is 340 g/mol. The number of carbonyl (C=O) groups excluding carboxylic acids is 1. The van der Waals surface area contributed by atoms with Crippen LogP contribution in [0.25, 0.3) is 0 Å². The van der Waals surface area contributed by atoms with Crippen LogP contribution in [0.5, 0.6) is 34.5 Å². The van der Waals surface area contributed by atoms with Crippen LogP contribution in [0.1, 0.15) is 15.9 Å². The summed E-state index contributed by atoms with van der Waals surface area (Å²) in [6.45, 7) is 0. The third-order valence-electron chi connectivity index (χ3n) is 3.87. The van der Waals surface area contributed by atoms with E-state index in [9.17, 15) is 4.79 Å². The molecule has 0 saturated heterocycles. The van der Waals surface area contributed by atoms with Crippen LogP contribution in [-0.2, 0) is 0 Å². The van der Waals surface area contributed by atoms with Crippen molar-refractivity contribution in [3.05, 3.63) is 35.4 Å². The van der Waals surface area contributed by atoms with Gasteiger partial charge >= 0.3 is 0 Å². The largest absolute Gasteiger partial charge is 0.496 e. The van der Waals surface area contributed by atoms with Crippen LogP contribution in [-0.4, -0.2) is 48.4 Å². The zero-order valence-corrected chi connectivity index (χ0v) is 15.7. The summed E-state index contributed by atoms with van der Waals surface area (Å²) in [7, 11) is 8.94. The summed E-state index contributed by atoms with van der Waals surface area (Å²) in [6.07, 6.45) is 0. The van der Waals surface area contributed by atoms with Crippen LogP contribution in [0.2, 0.25) is 0 Å². The Bertz CT molecular complexity index is 748. The van der Waals surface area contributed by atoms with Gasteiger partial charge in [0.25, 0.3) is 0 Å². The molecule has 0 amide bonds. The Morgan fingerprint density at radius 2 is 1.08 bits per heavy atom. The SMILES string of the molecule is COc1cc(OC)c(C(=O)c2cc(OC)c(OC)c(OC)c2)c(OC)c1. The first-order valence-corrected chi connectivity index (χ1v) is 7.69. The number of methoxy groups -OCH3 is 6. The van der Waals surface area contributed by atoms with Crippen LogP contribution in [0.15, 0.2) is 24.3 Å². The lowest BCUT2D eigenvalue weighted by Gasteiger charge is -2.16. The fourth-order valence-corrected chi connectivity index (χ4v) is 2.59. The molecule has 0 N–H and O–H groups in total. The maximum atomic E-state index is 13.2. The fourth-order valence-electron chi connectivity index (χ4n) is 2.59. The molecule has 2 aromatic rings. The zero-order valence-electron chi connectivity index (χ0n) is 15.7. The number of ketones is 1. The van der Waals surface area contributed by atoms with Gasteiger partial charge in [-0.15, -0.1) is 0 Å². The monoisotopic (exact) mass is 362 g/mol. The van der Waals surface area contributed by atoms with E-state index in [1.54, 1.807) is 24.3 Å². The maximum Gasteiger partial charge on any atom is 0.203 e. The first-order chi connectivity index (χ1) is 12.5. The average Bonchev–Trinajstić information content (AvgIpc) is 2.70. The van der Waals surface area contributed by atoms with Crippen molar-refractivity contribution in [3.8, 4) is 34.5 Å². The van der Waals surface area contributed by atoms with Gasteiger partial charge in [0, 0.05) is 17.7 Å². The van der Waals surface area contributed by atoms with E-state index in [1.165, 1.54) is 42.7 Å². The Hall–Kier alpha value is -3.09. The molecule has 0 heterocycles. The Kier molecular flexibility index (Phi) is 6.16. The highest BCUT2D eigenvalue weighted by atomic mass is 16.5. The zero-order chi connectivity index (χ0) is 19.3. The second-order valence-electron chi connectivity index (χ2n) is 5.15. The predicted octanol–water partition coefficient (Wildman–Crippen LogP) is 2.97. The molecule has 140 valence electrons. The molecule has 0 aliphatic carbocycles. The van der Waals surface area contributed by atoms with Crippen LogP contribution < -0.4 is 28.4 Å². The summed E-state index contributed by atoms with van der Waals surface area (Å²) < 4.78 is 31.9. The van der Waals surface area contributed by atoms with Crippen molar-refractivity contribution >= 4 is 5.78 Å². The van der Waals surface area contributed by atoms with Crippen molar-refractivity contribution < 1.29 is 33.2 Å². The number of rotatable bonds is 8. The number of benzene rings is 2. The standard InChI is InChI=1S/C19H22O7/c1-21-12-9-13(22-2)17(14(10-12)23-3)18(20)11-7-15(24-4)19(26-6)16(8-11)25-5/h7-10H,1-6H3. The second-order valence-corrected chi connectivity index (χ2v) is 5.15. The van der Waals surface area contributed by atoms with E-state index >= 15 is 0 Å². The van der Waals surface area contributed by atoms with Crippen molar-refractivity contribution in [2.75, 3.05) is 42.7 Å². The minimum Gasteiger partial charge on any atom is -0.496 e. The molecule has 0 unspecified atom stereocenters. The van der Waals surface area contributed by atoms with Gasteiger partial charge in [-0.3, -0.25) is 4.79 Å². The summed E-state index contributed by atoms with van der Waals surface area (Å²) >= 11 is 0. The molecule has 0 atom stereocenters. The van der Waals surface area contributed by atoms with Crippen molar-refractivity contribution in [2.24, 2.45) is 0 Å². The van der Waals surface area contributed by atoms with E-state index in [2.05, 4.69) is 0 Å². The van der Waals surface area contributed by atoms with Crippen molar-refractivity contribution in [1.82, 2.24) is 0 Å². The third kappa shape index (κ3) is 3.46. The lowest BCUT2D eigenvalue weighted by molar-refractivity contribution is 0.103. The van der Waals surface area contributed by atoms with Crippen LogP contribution in [0, 0.1) is 0 Å². The first kappa shape index (κ1) is 19.2. The van der Waals surface area contributed by atoms with E-state index < -0.39 is 0 Å². The van der Waals surface area contributed by atoms with Gasteiger partial charge in [0.1, 0.15) is 22.8 Å². The molecular formula is C19H22O7. The van der Waals surface area contributed by atoms with Gasteiger partial charge in [0.2, 0.25) is 11.5 Å². The Morgan fingerprint density at radius 1 is 0.615 bits per heavy atom. The number of carbonyl (C=O) groups is 1. The molecule has 7 nitrogen and oxygen atoms in total. The molecule has 0 aromatic heterocycles. The van der Waals surface area contributed by atoms with Gasteiger partial charge in [-0.05, 0) is 12.1 Å². The minimum atomic E-state index is -0.319. The van der Waals surface area contributed by atoms with E-state index in [4.69, 9.17) is 28.4 Å². The molecule has 0 saturated carbocycles. The van der Waals surface area contributed by atoms with Gasteiger partial charge in [0.05, 0.1) is 42.7 Å². The molecule has 0 aliphatic rings. The van der Waals surface area contributed by atoms with E-state index in [0.717, 1.165) is 0 Å². The summed E-state index contributed by atoms with van der Waals surface area (Å²) in [5.74, 6) is 2.02. The predicted molar refractivity (Wildman–Crippen MR) is 95.6 cm³/mol.